The third kappa shape index (κ3) is 3.97. The lowest BCUT2D eigenvalue weighted by atomic mass is 9.72. The Morgan fingerprint density at radius 1 is 1.36 bits per heavy atom. The normalized spacial score (nSPS) is 28.8. The van der Waals surface area contributed by atoms with Gasteiger partial charge in [0.05, 0.1) is 40.7 Å². The summed E-state index contributed by atoms with van der Waals surface area (Å²) in [5, 5.41) is 21.7. The van der Waals surface area contributed by atoms with Gasteiger partial charge in [0.2, 0.25) is 11.8 Å². The molecule has 2 rings (SSSR count). The van der Waals surface area contributed by atoms with E-state index < -0.39 is 17.2 Å². The van der Waals surface area contributed by atoms with Crippen molar-refractivity contribution >= 4 is 23.6 Å². The summed E-state index contributed by atoms with van der Waals surface area (Å²) in [4.78, 5) is 26.4. The highest BCUT2D eigenvalue weighted by molar-refractivity contribution is 8.03. The highest BCUT2D eigenvalue weighted by atomic mass is 32.2. The van der Waals surface area contributed by atoms with Gasteiger partial charge in [-0.25, -0.2) is 0 Å². The number of nitrogens with one attached hydrogen (secondary N) is 1. The Morgan fingerprint density at radius 3 is 2.48 bits per heavy atom. The number of thioether (sulfide) groups is 1. The van der Waals surface area contributed by atoms with Crippen LogP contribution in [0.3, 0.4) is 0 Å². The first-order valence-electron chi connectivity index (χ1n) is 8.12. The van der Waals surface area contributed by atoms with Crippen LogP contribution in [0, 0.1) is 34.0 Å². The van der Waals surface area contributed by atoms with E-state index in [4.69, 9.17) is 4.74 Å². The molecule has 0 radical (unpaired) electrons. The van der Waals surface area contributed by atoms with E-state index in [2.05, 4.69) is 11.4 Å². The van der Waals surface area contributed by atoms with Crippen LogP contribution in [-0.4, -0.2) is 47.8 Å². The molecule has 3 atom stereocenters. The molecule has 0 aliphatic carbocycles. The van der Waals surface area contributed by atoms with Crippen LogP contribution in [0.5, 0.6) is 0 Å². The molecule has 0 aromatic rings. The maximum Gasteiger partial charge on any atom is 0.243 e. The van der Waals surface area contributed by atoms with Gasteiger partial charge in [-0.2, -0.15) is 10.5 Å². The zero-order chi connectivity index (χ0) is 18.8. The Balaban J connectivity index is 2.12. The molecule has 2 aliphatic rings. The lowest BCUT2D eigenvalue weighted by Gasteiger charge is -2.36. The van der Waals surface area contributed by atoms with Crippen LogP contribution >= 0.6 is 11.8 Å². The second-order valence-corrected chi connectivity index (χ2v) is 7.92. The van der Waals surface area contributed by atoms with Crippen LogP contribution in [0.1, 0.15) is 27.7 Å². The van der Waals surface area contributed by atoms with Gasteiger partial charge in [-0.3, -0.25) is 9.59 Å². The Labute approximate surface area is 152 Å². The van der Waals surface area contributed by atoms with Gasteiger partial charge in [-0.15, -0.1) is 0 Å². The number of hydrogen-bond donors (Lipinski definition) is 1. The zero-order valence-electron chi connectivity index (χ0n) is 14.8. The maximum atomic E-state index is 12.5. The first-order chi connectivity index (χ1) is 11.7. The van der Waals surface area contributed by atoms with Crippen LogP contribution in [0.15, 0.2) is 10.6 Å². The summed E-state index contributed by atoms with van der Waals surface area (Å²) in [7, 11) is 0. The number of carbonyl (C=O) groups excluding carboxylic acids is 2. The second kappa shape index (κ2) is 7.47. The largest absolute Gasteiger partial charge is 0.372 e. The molecular weight excluding hydrogens is 340 g/mol. The van der Waals surface area contributed by atoms with Crippen molar-refractivity contribution in [1.29, 1.82) is 10.5 Å². The van der Waals surface area contributed by atoms with Crippen molar-refractivity contribution in [3.05, 3.63) is 10.6 Å². The van der Waals surface area contributed by atoms with E-state index in [-0.39, 0.29) is 23.9 Å². The minimum atomic E-state index is -0.928. The van der Waals surface area contributed by atoms with Crippen molar-refractivity contribution in [3.8, 4) is 12.1 Å². The van der Waals surface area contributed by atoms with E-state index in [1.54, 1.807) is 18.7 Å². The third-order valence-corrected chi connectivity index (χ3v) is 5.43. The molecule has 0 aromatic heterocycles. The monoisotopic (exact) mass is 362 g/mol. The van der Waals surface area contributed by atoms with Gasteiger partial charge in [-0.05, 0) is 13.8 Å². The number of amides is 2. The molecule has 0 aromatic carbocycles. The van der Waals surface area contributed by atoms with E-state index in [0.717, 1.165) is 11.8 Å². The number of nitrogens with zero attached hydrogens (tertiary/aromatic N) is 3. The first kappa shape index (κ1) is 19.3. The van der Waals surface area contributed by atoms with E-state index in [1.807, 2.05) is 19.9 Å². The molecule has 0 bridgehead atoms. The number of allylic oxidation sites excluding steroid dienone is 1. The fourth-order valence-corrected chi connectivity index (χ4v) is 4.22. The standard InChI is InChI=1S/C17H22N4O3S/c1-10-7-21(8-11(2)24-10)14(22)9-25-16-13(6-19)17(3,4)12(5-18)15(23)20-16/h10-12H,7-9H2,1-4H3,(H,20,23)/t10-,11-,12+/m0/s1. The van der Waals surface area contributed by atoms with Crippen molar-refractivity contribution in [2.75, 3.05) is 18.8 Å². The van der Waals surface area contributed by atoms with Crippen LogP contribution in [0.4, 0.5) is 0 Å². The SMILES string of the molecule is C[C@H]1CN(C(=O)CSC2=C(C#N)C(C)(C)[C@H](C#N)C(=O)N2)C[C@H](C)O1. The predicted octanol–water partition coefficient (Wildman–Crippen LogP) is 1.39. The molecule has 7 nitrogen and oxygen atoms in total. The van der Waals surface area contributed by atoms with Gasteiger partial charge in [-0.1, -0.05) is 25.6 Å². The summed E-state index contributed by atoms with van der Waals surface area (Å²) < 4.78 is 5.62. The van der Waals surface area contributed by atoms with Crippen molar-refractivity contribution in [3.63, 3.8) is 0 Å². The van der Waals surface area contributed by atoms with Crippen LogP contribution in [0.25, 0.3) is 0 Å². The van der Waals surface area contributed by atoms with E-state index in [9.17, 15) is 20.1 Å². The lowest BCUT2D eigenvalue weighted by Crippen LogP contribution is -2.49. The summed E-state index contributed by atoms with van der Waals surface area (Å²) >= 11 is 1.14. The predicted molar refractivity (Wildman–Crippen MR) is 92.7 cm³/mol. The van der Waals surface area contributed by atoms with E-state index >= 15 is 0 Å². The first-order valence-corrected chi connectivity index (χ1v) is 9.10. The van der Waals surface area contributed by atoms with Crippen molar-refractivity contribution < 1.29 is 14.3 Å². The van der Waals surface area contributed by atoms with Gasteiger partial charge in [0.1, 0.15) is 5.92 Å². The Bertz CT molecular complexity index is 679. The second-order valence-electron chi connectivity index (χ2n) is 6.93. The van der Waals surface area contributed by atoms with Gasteiger partial charge in [0.15, 0.2) is 0 Å². The summed E-state index contributed by atoms with van der Waals surface area (Å²) in [5.41, 5.74) is -0.556. The average Bonchev–Trinajstić information content (AvgIpc) is 2.51. The molecule has 8 heteroatoms. The van der Waals surface area contributed by atoms with Gasteiger partial charge < -0.3 is 15.0 Å². The zero-order valence-corrected chi connectivity index (χ0v) is 15.6. The molecule has 1 saturated heterocycles. The summed E-state index contributed by atoms with van der Waals surface area (Å²) in [5.74, 6) is -1.31. The van der Waals surface area contributed by atoms with Crippen molar-refractivity contribution in [1.82, 2.24) is 10.2 Å². The van der Waals surface area contributed by atoms with Gasteiger partial charge in [0, 0.05) is 18.5 Å². The van der Waals surface area contributed by atoms with Crippen molar-refractivity contribution in [2.24, 2.45) is 11.3 Å². The highest BCUT2D eigenvalue weighted by Gasteiger charge is 2.44. The van der Waals surface area contributed by atoms with Crippen LogP contribution in [-0.2, 0) is 14.3 Å². The summed E-state index contributed by atoms with van der Waals surface area (Å²) in [6.45, 7) is 8.30. The number of rotatable bonds is 3. The molecule has 1 N–H and O–H groups in total. The maximum absolute atomic E-state index is 12.5. The topological polar surface area (TPSA) is 106 Å². The fourth-order valence-electron chi connectivity index (χ4n) is 3.14. The molecule has 1 fully saturated rings. The Kier molecular flexibility index (Phi) is 5.76. The highest BCUT2D eigenvalue weighted by Crippen LogP contribution is 2.41. The molecule has 0 spiro atoms. The number of nitriles is 2. The third-order valence-electron chi connectivity index (χ3n) is 4.45. The van der Waals surface area contributed by atoms with Gasteiger partial charge in [0.25, 0.3) is 0 Å². The average molecular weight is 362 g/mol. The molecule has 134 valence electrons. The van der Waals surface area contributed by atoms with Crippen molar-refractivity contribution in [2.45, 2.75) is 39.9 Å². The molecule has 2 aliphatic heterocycles. The minimum Gasteiger partial charge on any atom is -0.372 e. The van der Waals surface area contributed by atoms with Crippen LogP contribution < -0.4 is 5.32 Å². The fraction of sp³-hybridized carbons (Fsp3) is 0.647. The number of hydrogen-bond acceptors (Lipinski definition) is 6. The lowest BCUT2D eigenvalue weighted by molar-refractivity contribution is -0.140. The number of morpholine rings is 1. The molecule has 0 saturated carbocycles. The smallest absolute Gasteiger partial charge is 0.243 e. The van der Waals surface area contributed by atoms with Crippen LogP contribution in [0.2, 0.25) is 0 Å². The number of carbonyl (C=O) groups is 2. The summed E-state index contributed by atoms with van der Waals surface area (Å²) in [6, 6.07) is 4.05. The number of ether oxygens (including phenoxy) is 1. The molecular formula is C17H22N4O3S. The quantitative estimate of drug-likeness (QED) is 0.813. The molecule has 2 amide bonds. The molecule has 2 heterocycles. The molecule has 25 heavy (non-hydrogen) atoms. The summed E-state index contributed by atoms with van der Waals surface area (Å²) in [6.07, 6.45) is -0.0347. The Morgan fingerprint density at radius 2 is 1.96 bits per heavy atom. The van der Waals surface area contributed by atoms with E-state index in [1.165, 1.54) is 0 Å². The minimum absolute atomic E-state index is 0.0173. The van der Waals surface area contributed by atoms with E-state index in [0.29, 0.717) is 23.7 Å². The molecule has 0 unspecified atom stereocenters. The van der Waals surface area contributed by atoms with Gasteiger partial charge >= 0.3 is 0 Å². The Hall–Kier alpha value is -2.03.